The van der Waals surface area contributed by atoms with Crippen molar-refractivity contribution in [2.45, 2.75) is 32.7 Å². The summed E-state index contributed by atoms with van der Waals surface area (Å²) in [5.41, 5.74) is 0.641. The second kappa shape index (κ2) is 8.35. The van der Waals surface area contributed by atoms with Crippen LogP contribution in [0, 0.1) is 0 Å². The van der Waals surface area contributed by atoms with Gasteiger partial charge < -0.3 is 19.7 Å². The van der Waals surface area contributed by atoms with Crippen molar-refractivity contribution < 1.29 is 24.5 Å². The number of amides is 1. The molecule has 134 valence electrons. The lowest BCUT2D eigenvalue weighted by Gasteiger charge is -2.27. The molecule has 1 N–H and O–H groups in total. The summed E-state index contributed by atoms with van der Waals surface area (Å²) in [5.74, 6) is -1.46. The molecule has 0 aliphatic carbocycles. The third-order valence-corrected chi connectivity index (χ3v) is 4.88. The van der Waals surface area contributed by atoms with Crippen molar-refractivity contribution in [2.75, 3.05) is 6.61 Å². The minimum absolute atomic E-state index is 0.00603. The molecule has 0 unspecified atom stereocenters. The van der Waals surface area contributed by atoms with Crippen molar-refractivity contribution in [2.24, 2.45) is 0 Å². The second-order valence-electron chi connectivity index (χ2n) is 5.34. The number of phenolic OH excluding ortho intramolecular Hbond substituents is 1. The Hall–Kier alpha value is -2.06. The van der Waals surface area contributed by atoms with E-state index in [4.69, 9.17) is 17.0 Å². The number of hydrogen-bond acceptors (Lipinski definition) is 7. The number of rotatable bonds is 7. The second-order valence-corrected chi connectivity index (χ2v) is 7.01. The van der Waals surface area contributed by atoms with Crippen molar-refractivity contribution in [3.05, 3.63) is 28.7 Å². The average Bonchev–Trinajstić information content (AvgIpc) is 2.82. The molecule has 1 fully saturated rings. The number of ether oxygens (including phenoxy) is 1. The zero-order valence-electron chi connectivity index (χ0n) is 13.9. The van der Waals surface area contributed by atoms with Crippen LogP contribution in [0.15, 0.2) is 23.1 Å². The van der Waals surface area contributed by atoms with Crippen molar-refractivity contribution in [1.29, 1.82) is 0 Å². The minimum Gasteiger partial charge on any atom is -0.548 e. The van der Waals surface area contributed by atoms with Gasteiger partial charge in [-0.25, -0.2) is 0 Å². The SMILES string of the molecule is CCC[C@H](C(=O)[O-])N1C(=O)/C(=C/c2ccc(O)c(OCC)c2)SC1=S. The van der Waals surface area contributed by atoms with Gasteiger partial charge in [0.2, 0.25) is 0 Å². The summed E-state index contributed by atoms with van der Waals surface area (Å²) in [5, 5.41) is 21.1. The lowest BCUT2D eigenvalue weighted by atomic mass is 10.1. The number of carbonyl (C=O) groups is 2. The Kier molecular flexibility index (Phi) is 6.44. The number of benzene rings is 1. The highest BCUT2D eigenvalue weighted by molar-refractivity contribution is 8.26. The summed E-state index contributed by atoms with van der Waals surface area (Å²) in [6.07, 6.45) is 2.46. The van der Waals surface area contributed by atoms with Crippen molar-refractivity contribution in [3.63, 3.8) is 0 Å². The maximum Gasteiger partial charge on any atom is 0.266 e. The van der Waals surface area contributed by atoms with E-state index in [2.05, 4.69) is 0 Å². The topological polar surface area (TPSA) is 89.9 Å². The van der Waals surface area contributed by atoms with Crippen LogP contribution in [-0.4, -0.2) is 38.9 Å². The number of hydrogen-bond donors (Lipinski definition) is 1. The van der Waals surface area contributed by atoms with Crippen LogP contribution in [0.5, 0.6) is 11.5 Å². The number of phenols is 1. The molecule has 1 heterocycles. The molecule has 1 aromatic rings. The molecule has 1 aliphatic rings. The van der Waals surface area contributed by atoms with Gasteiger partial charge in [0.15, 0.2) is 11.5 Å². The van der Waals surface area contributed by atoms with Crippen LogP contribution < -0.4 is 9.84 Å². The van der Waals surface area contributed by atoms with E-state index in [0.29, 0.717) is 29.2 Å². The van der Waals surface area contributed by atoms with E-state index in [0.717, 1.165) is 16.7 Å². The molecule has 0 saturated carbocycles. The van der Waals surface area contributed by atoms with Crippen LogP contribution in [0.1, 0.15) is 32.3 Å². The summed E-state index contributed by atoms with van der Waals surface area (Å²) < 4.78 is 5.52. The largest absolute Gasteiger partial charge is 0.548 e. The highest BCUT2D eigenvalue weighted by Gasteiger charge is 2.37. The molecule has 0 spiro atoms. The number of aliphatic carboxylic acids is 1. The number of nitrogens with zero attached hydrogens (tertiary/aromatic N) is 1. The highest BCUT2D eigenvalue weighted by Crippen LogP contribution is 2.36. The Morgan fingerprint density at radius 2 is 2.20 bits per heavy atom. The molecule has 1 amide bonds. The molecular formula is C17H18NO5S2-. The first-order valence-corrected chi connectivity index (χ1v) is 9.05. The third-order valence-electron chi connectivity index (χ3n) is 3.55. The van der Waals surface area contributed by atoms with Gasteiger partial charge >= 0.3 is 0 Å². The lowest BCUT2D eigenvalue weighted by Crippen LogP contribution is -2.49. The van der Waals surface area contributed by atoms with Crippen LogP contribution in [0.2, 0.25) is 0 Å². The van der Waals surface area contributed by atoms with E-state index < -0.39 is 17.9 Å². The smallest absolute Gasteiger partial charge is 0.266 e. The Morgan fingerprint density at radius 1 is 1.48 bits per heavy atom. The Bertz CT molecular complexity index is 732. The quantitative estimate of drug-likeness (QED) is 0.571. The number of thiocarbonyl (C=S) groups is 1. The fourth-order valence-corrected chi connectivity index (χ4v) is 3.77. The number of carboxylic acids is 1. The summed E-state index contributed by atoms with van der Waals surface area (Å²) >= 11 is 6.23. The van der Waals surface area contributed by atoms with Gasteiger partial charge in [0.1, 0.15) is 4.32 Å². The molecule has 6 nitrogen and oxygen atoms in total. The predicted octanol–water partition coefficient (Wildman–Crippen LogP) is 1.91. The molecule has 1 saturated heterocycles. The van der Waals surface area contributed by atoms with E-state index in [9.17, 15) is 19.8 Å². The molecule has 1 aliphatic heterocycles. The van der Waals surface area contributed by atoms with E-state index in [1.807, 2.05) is 6.92 Å². The van der Waals surface area contributed by atoms with E-state index in [-0.39, 0.29) is 16.5 Å². The van der Waals surface area contributed by atoms with E-state index in [1.165, 1.54) is 6.07 Å². The first-order valence-electron chi connectivity index (χ1n) is 7.82. The monoisotopic (exact) mass is 380 g/mol. The summed E-state index contributed by atoms with van der Waals surface area (Å²) in [6.45, 7) is 4.02. The molecule has 0 aromatic heterocycles. The average molecular weight is 380 g/mol. The molecule has 2 rings (SSSR count). The first kappa shape index (κ1) is 19.3. The normalized spacial score (nSPS) is 17.2. The van der Waals surface area contributed by atoms with Gasteiger partial charge in [-0.3, -0.25) is 9.69 Å². The summed E-state index contributed by atoms with van der Waals surface area (Å²) in [4.78, 5) is 25.4. The number of aromatic hydroxyl groups is 1. The van der Waals surface area contributed by atoms with E-state index >= 15 is 0 Å². The highest BCUT2D eigenvalue weighted by atomic mass is 32.2. The van der Waals surface area contributed by atoms with Crippen molar-refractivity contribution >= 4 is 46.3 Å². The first-order chi connectivity index (χ1) is 11.9. The van der Waals surface area contributed by atoms with Crippen molar-refractivity contribution in [1.82, 2.24) is 4.90 Å². The fourth-order valence-electron chi connectivity index (χ4n) is 2.42. The lowest BCUT2D eigenvalue weighted by molar-refractivity contribution is -0.310. The fraction of sp³-hybridized carbons (Fsp3) is 0.353. The van der Waals surface area contributed by atoms with Gasteiger partial charge in [0.25, 0.3) is 5.91 Å². The molecule has 1 atom stereocenters. The van der Waals surface area contributed by atoms with Crippen molar-refractivity contribution in [3.8, 4) is 11.5 Å². The number of thioether (sulfide) groups is 1. The molecule has 1 aromatic carbocycles. The van der Waals surface area contributed by atoms with Crippen LogP contribution in [0.3, 0.4) is 0 Å². The standard InChI is InChI=1S/C17H19NO5S2/c1-3-5-11(16(21)22)18-15(20)14(25-17(18)24)9-10-6-7-12(19)13(8-10)23-4-2/h6-9,11,19H,3-5H2,1-2H3,(H,21,22)/p-1/b14-9-/t11-/m1/s1. The molecule has 0 bridgehead atoms. The van der Waals surface area contributed by atoms with Gasteiger partial charge in [0, 0.05) is 0 Å². The van der Waals surface area contributed by atoms with Crippen LogP contribution >= 0.6 is 24.0 Å². The van der Waals surface area contributed by atoms with Gasteiger partial charge in [-0.05, 0) is 37.1 Å². The van der Waals surface area contributed by atoms with Crippen LogP contribution in [-0.2, 0) is 9.59 Å². The van der Waals surface area contributed by atoms with E-state index in [1.54, 1.807) is 25.1 Å². The predicted molar refractivity (Wildman–Crippen MR) is 98.0 cm³/mol. The molecule has 8 heteroatoms. The minimum atomic E-state index is -1.32. The maximum absolute atomic E-state index is 12.6. The summed E-state index contributed by atoms with van der Waals surface area (Å²) in [7, 11) is 0. The number of carboxylic acid groups (broad SMARTS) is 1. The molecule has 0 radical (unpaired) electrons. The van der Waals surface area contributed by atoms with Gasteiger partial charge in [0.05, 0.1) is 23.5 Å². The van der Waals surface area contributed by atoms with Crippen LogP contribution in [0.25, 0.3) is 6.08 Å². The Balaban J connectivity index is 2.31. The van der Waals surface area contributed by atoms with Gasteiger partial charge in [-0.2, -0.15) is 0 Å². The molecular weight excluding hydrogens is 362 g/mol. The summed E-state index contributed by atoms with van der Waals surface area (Å²) in [6, 6.07) is 3.64. The Labute approximate surface area is 155 Å². The van der Waals surface area contributed by atoms with Gasteiger partial charge in [-0.15, -0.1) is 0 Å². The van der Waals surface area contributed by atoms with Crippen LogP contribution in [0.4, 0.5) is 0 Å². The van der Waals surface area contributed by atoms with Gasteiger partial charge in [-0.1, -0.05) is 43.4 Å². The Morgan fingerprint density at radius 3 is 2.80 bits per heavy atom. The number of carbonyl (C=O) groups excluding carboxylic acids is 2. The molecule has 25 heavy (non-hydrogen) atoms. The maximum atomic E-state index is 12.6. The third kappa shape index (κ3) is 4.32. The zero-order valence-corrected chi connectivity index (χ0v) is 15.5. The zero-order chi connectivity index (χ0) is 18.6.